The van der Waals surface area contributed by atoms with Gasteiger partial charge in [-0.2, -0.15) is 0 Å². The normalized spacial score (nSPS) is 10.6. The lowest BCUT2D eigenvalue weighted by atomic mass is 10.00. The van der Waals surface area contributed by atoms with E-state index in [1.54, 1.807) is 24.4 Å². The first-order valence-electron chi connectivity index (χ1n) is 11.1. The summed E-state index contributed by atoms with van der Waals surface area (Å²) in [6.07, 6.45) is 4.56. The fourth-order valence-electron chi connectivity index (χ4n) is 3.58. The number of nitrogens with zero attached hydrogens (tertiary/aromatic N) is 4. The number of carbonyl (C=O) groups is 2. The number of aromatic carboxylic acids is 1. The Bertz CT molecular complexity index is 1450. The van der Waals surface area contributed by atoms with E-state index in [1.807, 2.05) is 25.1 Å². The van der Waals surface area contributed by atoms with E-state index in [0.717, 1.165) is 12.1 Å². The minimum absolute atomic E-state index is 0.0361. The molecule has 0 saturated heterocycles. The maximum absolute atomic E-state index is 11.4. The molecule has 38 heavy (non-hydrogen) atoms. The number of rotatable bonds is 7. The number of hydrogen-bond acceptors (Lipinski definition) is 8. The lowest BCUT2D eigenvalue weighted by Gasteiger charge is -2.16. The van der Waals surface area contributed by atoms with Crippen LogP contribution < -0.4 is 15.2 Å². The van der Waals surface area contributed by atoms with Crippen LogP contribution in [0.1, 0.15) is 26.4 Å². The van der Waals surface area contributed by atoms with Crippen LogP contribution in [0.25, 0.3) is 22.2 Å². The van der Waals surface area contributed by atoms with E-state index in [1.165, 1.54) is 32.7 Å². The number of hydrogen-bond donors (Lipinski definition) is 2. The van der Waals surface area contributed by atoms with E-state index in [4.69, 9.17) is 38.4 Å². The summed E-state index contributed by atoms with van der Waals surface area (Å²) >= 11 is 12.9. The number of carboxylic acid groups (broad SMARTS) is 1. The van der Waals surface area contributed by atoms with Crippen molar-refractivity contribution in [2.75, 3.05) is 28.3 Å². The van der Waals surface area contributed by atoms with Crippen LogP contribution in [0.15, 0.2) is 48.9 Å². The average Bonchev–Trinajstić information content (AvgIpc) is 2.89. The minimum Gasteiger partial charge on any atom is -0.495 e. The van der Waals surface area contributed by atoms with Crippen LogP contribution in [0.2, 0.25) is 10.0 Å². The molecule has 4 aromatic rings. The van der Waals surface area contributed by atoms with Crippen LogP contribution in [-0.4, -0.2) is 65.1 Å². The van der Waals surface area contributed by atoms with Crippen molar-refractivity contribution in [1.29, 1.82) is 0 Å². The highest BCUT2D eigenvalue weighted by Gasteiger charge is 2.22. The minimum atomic E-state index is -1.10. The average molecular weight is 558 g/mol. The molecular formula is C26H25Cl2N5O5. The molecule has 198 valence electrons. The zero-order chi connectivity index (χ0) is 28.0. The maximum Gasteiger partial charge on any atom is 0.337 e. The lowest BCUT2D eigenvalue weighted by molar-refractivity contribution is 0.0698. The second kappa shape index (κ2) is 12.5. The Morgan fingerprint density at radius 2 is 1.55 bits per heavy atom. The van der Waals surface area contributed by atoms with Gasteiger partial charge in [-0.05, 0) is 31.8 Å². The van der Waals surface area contributed by atoms with E-state index in [2.05, 4.69) is 15.0 Å². The van der Waals surface area contributed by atoms with Crippen molar-refractivity contribution in [3.63, 3.8) is 0 Å². The summed E-state index contributed by atoms with van der Waals surface area (Å²) in [5.74, 6) is -0.844. The summed E-state index contributed by atoms with van der Waals surface area (Å²) in [6.45, 7) is 0.812. The van der Waals surface area contributed by atoms with Gasteiger partial charge in [0, 0.05) is 42.3 Å². The summed E-state index contributed by atoms with van der Waals surface area (Å²) in [4.78, 5) is 36.5. The third-order valence-corrected chi connectivity index (χ3v) is 6.03. The molecule has 0 bridgehead atoms. The molecular weight excluding hydrogens is 533 g/mol. The van der Waals surface area contributed by atoms with Gasteiger partial charge in [-0.1, -0.05) is 35.3 Å². The quantitative estimate of drug-likeness (QED) is 0.334. The molecule has 3 N–H and O–H groups in total. The van der Waals surface area contributed by atoms with Crippen molar-refractivity contribution in [1.82, 2.24) is 19.9 Å². The first kappa shape index (κ1) is 28.6. The van der Waals surface area contributed by atoms with Crippen molar-refractivity contribution in [3.05, 3.63) is 75.8 Å². The molecule has 10 nitrogen and oxygen atoms in total. The molecule has 2 aromatic heterocycles. The molecule has 0 radical (unpaired) electrons. The second-order valence-corrected chi connectivity index (χ2v) is 8.91. The highest BCUT2D eigenvalue weighted by atomic mass is 35.5. The van der Waals surface area contributed by atoms with Gasteiger partial charge in [0.05, 0.1) is 35.3 Å². The molecule has 0 fully saturated rings. The first-order valence-corrected chi connectivity index (χ1v) is 11.8. The third kappa shape index (κ3) is 6.28. The highest BCUT2D eigenvalue weighted by Crippen LogP contribution is 2.47. The molecule has 0 spiro atoms. The number of aromatic nitrogens is 3. The van der Waals surface area contributed by atoms with E-state index in [9.17, 15) is 14.7 Å². The van der Waals surface area contributed by atoms with Gasteiger partial charge >= 0.3 is 5.97 Å². The van der Waals surface area contributed by atoms with Crippen LogP contribution in [0.3, 0.4) is 0 Å². The molecule has 0 atom stereocenters. The Balaban J connectivity index is 0.000000260. The number of nitrogens with two attached hydrogens (primary N) is 1. The maximum atomic E-state index is 11.4. The third-order valence-electron chi connectivity index (χ3n) is 5.27. The van der Waals surface area contributed by atoms with Crippen molar-refractivity contribution in [2.45, 2.75) is 6.54 Å². The fourth-order valence-corrected chi connectivity index (χ4v) is 4.29. The topological polar surface area (TPSA) is 141 Å². The standard InChI is InChI=1S/C17H12Cl2N2O4.C9H13N3O/c1-24-10-7-11(25-2)14(19)12(13(10)18)8-3-4-9(17(22)23)16-15(8)20-5-6-21-16;1-12(2)6-7-3-4-8(9(10)13)11-5-7/h3-7H,1-2H3,(H,22,23);3-5H,6H2,1-2H3,(H2,10,13). The zero-order valence-electron chi connectivity index (χ0n) is 21.0. The molecule has 1 amide bonds. The summed E-state index contributed by atoms with van der Waals surface area (Å²) in [7, 11) is 6.90. The van der Waals surface area contributed by atoms with E-state index >= 15 is 0 Å². The number of ether oxygens (including phenoxy) is 2. The molecule has 0 saturated carbocycles. The number of halogens is 2. The van der Waals surface area contributed by atoms with Crippen LogP contribution in [0.4, 0.5) is 0 Å². The predicted molar refractivity (Wildman–Crippen MR) is 145 cm³/mol. The number of amides is 1. The van der Waals surface area contributed by atoms with E-state index in [-0.39, 0.29) is 21.1 Å². The smallest absolute Gasteiger partial charge is 0.337 e. The number of benzene rings is 2. The van der Waals surface area contributed by atoms with Gasteiger partial charge in [-0.3, -0.25) is 19.7 Å². The van der Waals surface area contributed by atoms with E-state index < -0.39 is 11.9 Å². The summed E-state index contributed by atoms with van der Waals surface area (Å²) in [5.41, 5.74) is 8.02. The SMILES string of the molecule is CN(C)Cc1ccc(C(N)=O)nc1.COc1cc(OC)c(Cl)c(-c2ccc(C(=O)O)c3nccnc23)c1Cl. The molecule has 0 aliphatic carbocycles. The van der Waals surface area contributed by atoms with Gasteiger partial charge in [-0.15, -0.1) is 0 Å². The Labute approximate surface area is 228 Å². The number of carbonyl (C=O) groups excluding carboxylic acids is 1. The summed E-state index contributed by atoms with van der Waals surface area (Å²) < 4.78 is 10.6. The largest absolute Gasteiger partial charge is 0.495 e. The van der Waals surface area contributed by atoms with Crippen LogP contribution >= 0.6 is 23.2 Å². The number of carboxylic acids is 1. The predicted octanol–water partition coefficient (Wildman–Crippen LogP) is 4.56. The molecule has 0 aliphatic heterocycles. The van der Waals surface area contributed by atoms with Gasteiger partial charge in [-0.25, -0.2) is 4.79 Å². The number of methoxy groups -OCH3 is 2. The molecule has 2 heterocycles. The van der Waals surface area contributed by atoms with Gasteiger partial charge in [0.2, 0.25) is 0 Å². The fraction of sp³-hybridized carbons (Fsp3) is 0.192. The first-order chi connectivity index (χ1) is 18.1. The number of primary amides is 1. The molecule has 2 aromatic carbocycles. The lowest BCUT2D eigenvalue weighted by Crippen LogP contribution is -2.14. The van der Waals surface area contributed by atoms with Gasteiger partial charge < -0.3 is 25.2 Å². The molecule has 4 rings (SSSR count). The Morgan fingerprint density at radius 3 is 2.03 bits per heavy atom. The van der Waals surface area contributed by atoms with Crippen LogP contribution in [0, 0.1) is 0 Å². The van der Waals surface area contributed by atoms with Crippen molar-refractivity contribution >= 4 is 46.1 Å². The molecule has 0 aliphatic rings. The number of pyridine rings is 1. The monoisotopic (exact) mass is 557 g/mol. The van der Waals surface area contributed by atoms with Crippen molar-refractivity contribution in [2.24, 2.45) is 5.73 Å². The van der Waals surface area contributed by atoms with Gasteiger partial charge in [0.25, 0.3) is 5.91 Å². The Hall–Kier alpha value is -3.99. The van der Waals surface area contributed by atoms with Crippen molar-refractivity contribution < 1.29 is 24.2 Å². The number of fused-ring (bicyclic) bond motifs is 1. The van der Waals surface area contributed by atoms with Gasteiger partial charge in [0.15, 0.2) is 0 Å². The van der Waals surface area contributed by atoms with Crippen molar-refractivity contribution in [3.8, 4) is 22.6 Å². The molecule has 12 heteroatoms. The second-order valence-electron chi connectivity index (χ2n) is 8.16. The van der Waals surface area contributed by atoms with Crippen LogP contribution in [0.5, 0.6) is 11.5 Å². The summed E-state index contributed by atoms with van der Waals surface area (Å²) in [5, 5.41) is 9.89. The zero-order valence-corrected chi connectivity index (χ0v) is 22.5. The molecule has 0 unspecified atom stereocenters. The highest BCUT2D eigenvalue weighted by molar-refractivity contribution is 6.41. The van der Waals surface area contributed by atoms with E-state index in [0.29, 0.717) is 33.8 Å². The Morgan fingerprint density at radius 1 is 0.947 bits per heavy atom. The summed E-state index contributed by atoms with van der Waals surface area (Å²) in [6, 6.07) is 8.10. The Kier molecular flexibility index (Phi) is 9.40. The van der Waals surface area contributed by atoms with Gasteiger partial charge in [0.1, 0.15) is 22.7 Å². The van der Waals surface area contributed by atoms with Crippen LogP contribution in [-0.2, 0) is 6.54 Å².